The quantitative estimate of drug-likeness (QED) is 0.633. The Labute approximate surface area is 191 Å². The van der Waals surface area contributed by atoms with Gasteiger partial charge >= 0.3 is 12.1 Å². The fraction of sp³-hybridized carbons (Fsp3) is 0.391. The molecule has 4 atom stereocenters. The number of hydrogen-bond donors (Lipinski definition) is 2. The summed E-state index contributed by atoms with van der Waals surface area (Å²) in [4.78, 5) is 23.3. The van der Waals surface area contributed by atoms with Crippen LogP contribution in [0.2, 0.25) is 0 Å². The Kier molecular flexibility index (Phi) is 7.54. The fourth-order valence-electron chi connectivity index (χ4n) is 4.00. The van der Waals surface area contributed by atoms with E-state index in [4.69, 9.17) is 15.6 Å². The van der Waals surface area contributed by atoms with Gasteiger partial charge in [0.25, 0.3) is 0 Å². The number of carboxylic acid groups (broad SMARTS) is 1. The molecule has 5 nitrogen and oxygen atoms in total. The van der Waals surface area contributed by atoms with E-state index in [1.54, 1.807) is 17.0 Å². The maximum absolute atomic E-state index is 14.3. The molecule has 4 rings (SSSR count). The van der Waals surface area contributed by atoms with E-state index in [1.165, 1.54) is 18.2 Å². The minimum Gasteiger partial charge on any atom is -0.475 e. The number of amides is 1. The maximum Gasteiger partial charge on any atom is 0.490 e. The first-order chi connectivity index (χ1) is 15.9. The molecular formula is C23H22F6N2O3. The number of alkyl halides is 4. The number of carboxylic acids is 1. The zero-order valence-corrected chi connectivity index (χ0v) is 17.7. The van der Waals surface area contributed by atoms with Gasteiger partial charge in [-0.1, -0.05) is 30.3 Å². The van der Waals surface area contributed by atoms with Gasteiger partial charge in [-0.15, -0.1) is 0 Å². The minimum atomic E-state index is -5.08. The summed E-state index contributed by atoms with van der Waals surface area (Å²) < 4.78 is 73.8. The van der Waals surface area contributed by atoms with Gasteiger partial charge in [0, 0.05) is 19.0 Å². The van der Waals surface area contributed by atoms with Crippen LogP contribution < -0.4 is 5.73 Å². The smallest absolute Gasteiger partial charge is 0.475 e. The molecule has 0 unspecified atom stereocenters. The van der Waals surface area contributed by atoms with Gasteiger partial charge in [-0.2, -0.15) is 13.2 Å². The molecule has 3 N–H and O–H groups in total. The second-order valence-electron chi connectivity index (χ2n) is 8.19. The van der Waals surface area contributed by atoms with Crippen molar-refractivity contribution in [3.63, 3.8) is 0 Å². The number of piperidine rings is 1. The van der Waals surface area contributed by atoms with Crippen LogP contribution in [0, 0.1) is 17.6 Å². The number of nitrogens with two attached hydrogens (primary N) is 1. The number of rotatable bonds is 3. The number of carbonyl (C=O) groups is 2. The number of carbonyl (C=O) groups excluding carboxylic acids is 1. The lowest BCUT2D eigenvalue weighted by molar-refractivity contribution is -0.192. The lowest BCUT2D eigenvalue weighted by atomic mass is 9.95. The third kappa shape index (κ3) is 5.69. The van der Waals surface area contributed by atoms with Crippen molar-refractivity contribution in [3.05, 3.63) is 59.7 Å². The molecule has 0 spiro atoms. The largest absolute Gasteiger partial charge is 0.490 e. The van der Waals surface area contributed by atoms with Crippen molar-refractivity contribution in [3.8, 4) is 11.1 Å². The fourth-order valence-corrected chi connectivity index (χ4v) is 4.00. The summed E-state index contributed by atoms with van der Waals surface area (Å²) in [5, 5.41) is 7.12. The van der Waals surface area contributed by atoms with Gasteiger partial charge < -0.3 is 15.7 Å². The summed E-state index contributed by atoms with van der Waals surface area (Å²) >= 11 is 0. The average Bonchev–Trinajstić information content (AvgIpc) is 3.56. The van der Waals surface area contributed by atoms with E-state index in [1.807, 2.05) is 12.1 Å². The average molecular weight is 488 g/mol. The second-order valence-corrected chi connectivity index (χ2v) is 8.19. The highest BCUT2D eigenvalue weighted by Gasteiger charge is 2.47. The van der Waals surface area contributed by atoms with Crippen molar-refractivity contribution in [1.29, 1.82) is 0 Å². The Balaban J connectivity index is 0.000000406. The van der Waals surface area contributed by atoms with E-state index in [2.05, 4.69) is 0 Å². The maximum atomic E-state index is 14.3. The monoisotopic (exact) mass is 488 g/mol. The number of likely N-dealkylation sites (tertiary alicyclic amines) is 1. The number of benzene rings is 2. The highest BCUT2D eigenvalue weighted by atomic mass is 19.4. The summed E-state index contributed by atoms with van der Waals surface area (Å²) in [6.07, 6.45) is -5.29. The van der Waals surface area contributed by atoms with Crippen LogP contribution in [-0.2, 0) is 9.59 Å². The summed E-state index contributed by atoms with van der Waals surface area (Å²) in [5.74, 6) is -4.39. The molecule has 11 heteroatoms. The van der Waals surface area contributed by atoms with Crippen molar-refractivity contribution in [2.24, 2.45) is 11.7 Å². The molecule has 0 radical (unpaired) electrons. The Morgan fingerprint density at radius 3 is 2.18 bits per heavy atom. The van der Waals surface area contributed by atoms with E-state index in [-0.39, 0.29) is 36.3 Å². The molecule has 1 aliphatic heterocycles. The standard InChI is InChI=1S/C21H21F3N2O.C2HF3O2/c22-16-8-9-26(11-19(16)25)21(27)15-10-14(15)12-4-1-2-5-13(12)20-17(23)6-3-7-18(20)24;3-2(4,5)1(6)7/h1-7,14-16,19H,8-11,25H2;(H,6,7)/t14-,15+,16-,19+;/m0./s1. The number of hydrogen-bond acceptors (Lipinski definition) is 3. The Hall–Kier alpha value is -3.08. The van der Waals surface area contributed by atoms with Crippen LogP contribution in [-0.4, -0.2) is 53.4 Å². The lowest BCUT2D eigenvalue weighted by Crippen LogP contribution is -2.52. The lowest BCUT2D eigenvalue weighted by Gasteiger charge is -2.33. The third-order valence-electron chi connectivity index (χ3n) is 5.82. The molecule has 2 fully saturated rings. The van der Waals surface area contributed by atoms with Crippen molar-refractivity contribution in [2.75, 3.05) is 13.1 Å². The van der Waals surface area contributed by atoms with E-state index < -0.39 is 36.0 Å². The van der Waals surface area contributed by atoms with Gasteiger partial charge in [0.1, 0.15) is 17.8 Å². The van der Waals surface area contributed by atoms with Crippen LogP contribution in [0.5, 0.6) is 0 Å². The molecular weight excluding hydrogens is 466 g/mol. The summed E-state index contributed by atoms with van der Waals surface area (Å²) in [7, 11) is 0. The molecule has 1 aliphatic carbocycles. The number of nitrogens with zero attached hydrogens (tertiary/aromatic N) is 1. The van der Waals surface area contributed by atoms with Crippen LogP contribution in [0.1, 0.15) is 24.3 Å². The van der Waals surface area contributed by atoms with Crippen molar-refractivity contribution in [2.45, 2.75) is 37.1 Å². The van der Waals surface area contributed by atoms with Gasteiger partial charge in [0.05, 0.1) is 11.6 Å². The van der Waals surface area contributed by atoms with E-state index in [0.29, 0.717) is 18.5 Å². The second kappa shape index (κ2) is 10.0. The van der Waals surface area contributed by atoms with Crippen molar-refractivity contribution < 1.29 is 41.0 Å². The van der Waals surface area contributed by atoms with Gasteiger partial charge in [0.2, 0.25) is 5.91 Å². The first-order valence-corrected chi connectivity index (χ1v) is 10.4. The zero-order chi connectivity index (χ0) is 25.2. The molecule has 2 aromatic carbocycles. The highest BCUT2D eigenvalue weighted by molar-refractivity contribution is 5.84. The SMILES string of the molecule is N[C@@H]1CN(C(=O)[C@@H]2C[C@H]2c2ccccc2-c2c(F)cccc2F)CC[C@@H]1F.O=C(O)C(F)(F)F. The van der Waals surface area contributed by atoms with E-state index >= 15 is 0 Å². The Morgan fingerprint density at radius 1 is 1.03 bits per heavy atom. The number of aliphatic carboxylic acids is 1. The number of halogens is 6. The third-order valence-corrected chi connectivity index (χ3v) is 5.82. The topological polar surface area (TPSA) is 83.6 Å². The van der Waals surface area contributed by atoms with Crippen LogP contribution in [0.15, 0.2) is 42.5 Å². The summed E-state index contributed by atoms with van der Waals surface area (Å²) in [6.45, 7) is 0.577. The van der Waals surface area contributed by atoms with Gasteiger partial charge in [-0.25, -0.2) is 18.0 Å². The van der Waals surface area contributed by atoms with Gasteiger partial charge in [0.15, 0.2) is 0 Å². The van der Waals surface area contributed by atoms with Crippen LogP contribution >= 0.6 is 0 Å². The van der Waals surface area contributed by atoms with Crippen molar-refractivity contribution >= 4 is 11.9 Å². The molecule has 0 bridgehead atoms. The molecule has 1 amide bonds. The van der Waals surface area contributed by atoms with Crippen LogP contribution in [0.25, 0.3) is 11.1 Å². The Bertz CT molecular complexity index is 1040. The molecule has 0 aromatic heterocycles. The highest BCUT2D eigenvalue weighted by Crippen LogP contribution is 2.51. The summed E-state index contributed by atoms with van der Waals surface area (Å²) in [5.41, 5.74) is 6.94. The van der Waals surface area contributed by atoms with Crippen LogP contribution in [0.3, 0.4) is 0 Å². The molecule has 1 saturated heterocycles. The first-order valence-electron chi connectivity index (χ1n) is 10.4. The van der Waals surface area contributed by atoms with E-state index in [9.17, 15) is 31.1 Å². The molecule has 184 valence electrons. The molecule has 1 saturated carbocycles. The summed E-state index contributed by atoms with van der Waals surface area (Å²) in [6, 6.07) is 10.2. The van der Waals surface area contributed by atoms with Crippen LogP contribution in [0.4, 0.5) is 26.3 Å². The minimum absolute atomic E-state index is 0.0499. The first kappa shape index (κ1) is 25.5. The molecule has 2 aliphatic rings. The van der Waals surface area contributed by atoms with E-state index in [0.717, 1.165) is 5.56 Å². The Morgan fingerprint density at radius 2 is 1.62 bits per heavy atom. The van der Waals surface area contributed by atoms with Gasteiger partial charge in [-0.3, -0.25) is 4.79 Å². The molecule has 2 aromatic rings. The predicted octanol–water partition coefficient (Wildman–Crippen LogP) is 4.27. The molecule has 34 heavy (non-hydrogen) atoms. The van der Waals surface area contributed by atoms with Gasteiger partial charge in [-0.05, 0) is 42.0 Å². The molecule has 1 heterocycles. The van der Waals surface area contributed by atoms with Crippen molar-refractivity contribution in [1.82, 2.24) is 4.90 Å². The predicted molar refractivity (Wildman–Crippen MR) is 110 cm³/mol. The normalized spacial score (nSPS) is 24.1. The zero-order valence-electron chi connectivity index (χ0n) is 17.7.